The minimum absolute atomic E-state index is 0.0652. The number of carbonyl (C=O) groups excluding carboxylic acids is 1. The lowest BCUT2D eigenvalue weighted by Crippen LogP contribution is -2.46. The Morgan fingerprint density at radius 1 is 1.55 bits per heavy atom. The van der Waals surface area contributed by atoms with Gasteiger partial charge in [0.25, 0.3) is 0 Å². The van der Waals surface area contributed by atoms with Gasteiger partial charge in [0.2, 0.25) is 5.91 Å². The second-order valence-corrected chi connectivity index (χ2v) is 8.55. The van der Waals surface area contributed by atoms with E-state index in [4.69, 9.17) is 0 Å². The number of rotatable bonds is 5. The molecule has 1 aromatic rings. The number of likely N-dealkylation sites (tertiary alicyclic amines) is 1. The molecule has 6 nitrogen and oxygen atoms in total. The van der Waals surface area contributed by atoms with Gasteiger partial charge in [-0.15, -0.1) is 0 Å². The lowest BCUT2D eigenvalue weighted by atomic mass is 9.94. The molecule has 124 valence electrons. The van der Waals surface area contributed by atoms with Gasteiger partial charge in [-0.2, -0.15) is 5.10 Å². The largest absolute Gasteiger partial charge is 0.341 e. The van der Waals surface area contributed by atoms with Crippen LogP contribution < -0.4 is 0 Å². The van der Waals surface area contributed by atoms with Gasteiger partial charge in [-0.25, -0.2) is 8.42 Å². The Labute approximate surface area is 132 Å². The van der Waals surface area contributed by atoms with E-state index in [1.54, 1.807) is 4.90 Å². The lowest BCUT2D eigenvalue weighted by molar-refractivity contribution is -0.131. The maximum atomic E-state index is 12.5. The van der Waals surface area contributed by atoms with Crippen LogP contribution in [0, 0.1) is 6.92 Å². The molecule has 2 heterocycles. The number of piperidine rings is 1. The number of hydrogen-bond donors (Lipinski definition) is 1. The standard InChI is InChI=1S/C15H25N3O3S/c1-4-8-22(20,21)12(3)15(19)18-7-5-6-13(10-18)14-9-11(2)16-17-14/h9,12-13H,4-8,10H2,1-3H3,(H,16,17)/t12-,13+/m1/s1. The smallest absolute Gasteiger partial charge is 0.240 e. The van der Waals surface area contributed by atoms with E-state index in [-0.39, 0.29) is 17.6 Å². The van der Waals surface area contributed by atoms with Crippen molar-refractivity contribution in [2.75, 3.05) is 18.8 Å². The van der Waals surface area contributed by atoms with E-state index in [2.05, 4.69) is 10.2 Å². The molecule has 0 aliphatic carbocycles. The highest BCUT2D eigenvalue weighted by Gasteiger charge is 2.34. The fourth-order valence-electron chi connectivity index (χ4n) is 2.94. The van der Waals surface area contributed by atoms with Crippen LogP contribution in [-0.2, 0) is 14.6 Å². The summed E-state index contributed by atoms with van der Waals surface area (Å²) in [6.45, 7) is 6.45. The van der Waals surface area contributed by atoms with Crippen LogP contribution >= 0.6 is 0 Å². The van der Waals surface area contributed by atoms with Crippen LogP contribution in [0.3, 0.4) is 0 Å². The van der Waals surface area contributed by atoms with Gasteiger partial charge in [-0.3, -0.25) is 9.89 Å². The Morgan fingerprint density at radius 3 is 2.86 bits per heavy atom. The Morgan fingerprint density at radius 2 is 2.27 bits per heavy atom. The normalized spacial score (nSPS) is 20.9. The predicted octanol–water partition coefficient (Wildman–Crippen LogP) is 1.64. The lowest BCUT2D eigenvalue weighted by Gasteiger charge is -2.33. The van der Waals surface area contributed by atoms with Gasteiger partial charge < -0.3 is 4.90 Å². The van der Waals surface area contributed by atoms with E-state index in [9.17, 15) is 13.2 Å². The minimum Gasteiger partial charge on any atom is -0.341 e. The Bertz CT molecular complexity index is 624. The average molecular weight is 327 g/mol. The fourth-order valence-corrected chi connectivity index (χ4v) is 4.32. The van der Waals surface area contributed by atoms with Crippen LogP contribution in [0.25, 0.3) is 0 Å². The molecule has 0 spiro atoms. The molecule has 1 aromatic heterocycles. The fraction of sp³-hybridized carbons (Fsp3) is 0.733. The number of aromatic nitrogens is 2. The monoisotopic (exact) mass is 327 g/mol. The third-order valence-corrected chi connectivity index (χ3v) is 6.51. The van der Waals surface area contributed by atoms with Gasteiger partial charge in [-0.1, -0.05) is 6.92 Å². The Kier molecular flexibility index (Phi) is 5.26. The number of sulfone groups is 1. The number of amides is 1. The summed E-state index contributed by atoms with van der Waals surface area (Å²) in [5, 5.41) is 6.25. The molecule has 1 saturated heterocycles. The van der Waals surface area contributed by atoms with Crippen LogP contribution in [0.1, 0.15) is 50.4 Å². The van der Waals surface area contributed by atoms with Crippen LogP contribution in [0.4, 0.5) is 0 Å². The average Bonchev–Trinajstić information content (AvgIpc) is 2.92. The molecule has 1 aliphatic rings. The van der Waals surface area contributed by atoms with Crippen molar-refractivity contribution in [1.82, 2.24) is 15.1 Å². The topological polar surface area (TPSA) is 83.1 Å². The maximum Gasteiger partial charge on any atom is 0.240 e. The van der Waals surface area contributed by atoms with E-state index in [1.807, 2.05) is 19.9 Å². The highest BCUT2D eigenvalue weighted by Crippen LogP contribution is 2.26. The molecule has 0 aromatic carbocycles. The molecule has 0 unspecified atom stereocenters. The van der Waals surface area contributed by atoms with Crippen molar-refractivity contribution in [3.05, 3.63) is 17.5 Å². The summed E-state index contributed by atoms with van der Waals surface area (Å²) in [7, 11) is -3.35. The highest BCUT2D eigenvalue weighted by molar-refractivity contribution is 7.92. The first-order valence-corrected chi connectivity index (χ1v) is 9.59. The number of carbonyl (C=O) groups is 1. The third kappa shape index (κ3) is 3.69. The molecule has 0 radical (unpaired) electrons. The zero-order valence-electron chi connectivity index (χ0n) is 13.5. The predicted molar refractivity (Wildman–Crippen MR) is 85.4 cm³/mol. The van der Waals surface area contributed by atoms with Crippen molar-refractivity contribution in [3.63, 3.8) is 0 Å². The zero-order chi connectivity index (χ0) is 16.3. The van der Waals surface area contributed by atoms with E-state index < -0.39 is 15.1 Å². The van der Waals surface area contributed by atoms with Gasteiger partial charge in [0.05, 0.1) is 11.4 Å². The summed E-state index contributed by atoms with van der Waals surface area (Å²) in [5.41, 5.74) is 1.96. The summed E-state index contributed by atoms with van der Waals surface area (Å²) in [4.78, 5) is 14.2. The first-order valence-electron chi connectivity index (χ1n) is 7.87. The van der Waals surface area contributed by atoms with Crippen molar-refractivity contribution >= 4 is 15.7 Å². The molecule has 2 rings (SSSR count). The van der Waals surface area contributed by atoms with E-state index >= 15 is 0 Å². The molecule has 0 saturated carbocycles. The summed E-state index contributed by atoms with van der Waals surface area (Å²) in [5.74, 6) is -0.0235. The third-order valence-electron chi connectivity index (χ3n) is 4.25. The van der Waals surface area contributed by atoms with Crippen LogP contribution in [-0.4, -0.2) is 53.5 Å². The summed E-state index contributed by atoms with van der Waals surface area (Å²) < 4.78 is 24.2. The number of nitrogens with zero attached hydrogens (tertiary/aromatic N) is 2. The molecular formula is C15H25N3O3S. The minimum atomic E-state index is -3.35. The van der Waals surface area contributed by atoms with Crippen molar-refractivity contribution in [3.8, 4) is 0 Å². The van der Waals surface area contributed by atoms with Crippen molar-refractivity contribution in [1.29, 1.82) is 0 Å². The number of aryl methyl sites for hydroxylation is 1. The van der Waals surface area contributed by atoms with E-state index in [0.29, 0.717) is 19.5 Å². The Hall–Kier alpha value is -1.37. The SMILES string of the molecule is CCCS(=O)(=O)[C@H](C)C(=O)N1CCC[C@H](c2cc(C)[nH]n2)C1. The summed E-state index contributed by atoms with van der Waals surface area (Å²) in [6, 6.07) is 2.00. The molecule has 1 N–H and O–H groups in total. The molecule has 1 amide bonds. The molecule has 0 bridgehead atoms. The number of hydrogen-bond acceptors (Lipinski definition) is 4. The van der Waals surface area contributed by atoms with Crippen molar-refractivity contribution < 1.29 is 13.2 Å². The first-order chi connectivity index (χ1) is 10.3. The number of aromatic amines is 1. The van der Waals surface area contributed by atoms with Crippen molar-refractivity contribution in [2.24, 2.45) is 0 Å². The first kappa shape index (κ1) is 17.0. The van der Waals surface area contributed by atoms with Crippen LogP contribution in [0.15, 0.2) is 6.07 Å². The van der Waals surface area contributed by atoms with Crippen LogP contribution in [0.2, 0.25) is 0 Å². The number of H-pyrrole nitrogens is 1. The number of nitrogens with one attached hydrogen (secondary N) is 1. The molecule has 1 aliphatic heterocycles. The van der Waals surface area contributed by atoms with Gasteiger partial charge >= 0.3 is 0 Å². The van der Waals surface area contributed by atoms with E-state index in [0.717, 1.165) is 24.2 Å². The summed E-state index contributed by atoms with van der Waals surface area (Å²) in [6.07, 6.45) is 2.39. The molecular weight excluding hydrogens is 302 g/mol. The second kappa shape index (κ2) is 6.81. The van der Waals surface area contributed by atoms with Gasteiger partial charge in [0.1, 0.15) is 5.25 Å². The molecule has 22 heavy (non-hydrogen) atoms. The summed E-state index contributed by atoms with van der Waals surface area (Å²) >= 11 is 0. The Balaban J connectivity index is 2.07. The van der Waals surface area contributed by atoms with Gasteiger partial charge in [0.15, 0.2) is 9.84 Å². The molecule has 2 atom stereocenters. The maximum absolute atomic E-state index is 12.5. The van der Waals surface area contributed by atoms with Crippen molar-refractivity contribution in [2.45, 2.75) is 51.2 Å². The van der Waals surface area contributed by atoms with E-state index in [1.165, 1.54) is 6.92 Å². The van der Waals surface area contributed by atoms with Gasteiger partial charge in [-0.05, 0) is 39.2 Å². The zero-order valence-corrected chi connectivity index (χ0v) is 14.3. The molecule has 1 fully saturated rings. The quantitative estimate of drug-likeness (QED) is 0.891. The second-order valence-electron chi connectivity index (χ2n) is 6.11. The molecule has 7 heteroatoms. The van der Waals surface area contributed by atoms with Crippen LogP contribution in [0.5, 0.6) is 0 Å². The van der Waals surface area contributed by atoms with Gasteiger partial charge in [0, 0.05) is 24.7 Å². The highest BCUT2D eigenvalue weighted by atomic mass is 32.2.